The zero-order valence-corrected chi connectivity index (χ0v) is 35.6. The molecule has 0 saturated heterocycles. The summed E-state index contributed by atoms with van der Waals surface area (Å²) >= 11 is 0. The highest BCUT2D eigenvalue weighted by molar-refractivity contribution is 6.22. The number of rotatable bonds is 6. The van der Waals surface area contributed by atoms with Crippen molar-refractivity contribution in [2.45, 2.75) is 0 Å². The highest BCUT2D eigenvalue weighted by atomic mass is 15.0. The molecule has 65 heavy (non-hydrogen) atoms. The van der Waals surface area contributed by atoms with E-state index in [4.69, 9.17) is 0 Å². The number of benzene rings is 12. The Kier molecular flexibility index (Phi) is 8.60. The van der Waals surface area contributed by atoms with Gasteiger partial charge in [0.15, 0.2) is 0 Å². The van der Waals surface area contributed by atoms with Gasteiger partial charge in [0.2, 0.25) is 0 Å². The molecule has 0 atom stereocenters. The van der Waals surface area contributed by atoms with E-state index in [-0.39, 0.29) is 0 Å². The number of hydrogen-bond acceptors (Lipinski definition) is 0. The molecule has 0 spiro atoms. The van der Waals surface area contributed by atoms with Gasteiger partial charge in [0.25, 0.3) is 0 Å². The quantitative estimate of drug-likeness (QED) is 0.147. The van der Waals surface area contributed by atoms with Crippen LogP contribution in [0.1, 0.15) is 0 Å². The van der Waals surface area contributed by atoms with Crippen LogP contribution in [0.2, 0.25) is 0 Å². The molecule has 13 rings (SSSR count). The largest absolute Gasteiger partial charge is 0.309 e. The van der Waals surface area contributed by atoms with Crippen LogP contribution < -0.4 is 0 Å². The third-order valence-corrected chi connectivity index (χ3v) is 13.6. The van der Waals surface area contributed by atoms with Crippen LogP contribution in [0.15, 0.2) is 249 Å². The average molecular weight is 824 g/mol. The minimum atomic E-state index is 1.15. The summed E-state index contributed by atoms with van der Waals surface area (Å²) in [5.41, 5.74) is 15.7. The molecule has 0 radical (unpaired) electrons. The van der Waals surface area contributed by atoms with Crippen LogP contribution in [0.5, 0.6) is 0 Å². The average Bonchev–Trinajstić information content (AvgIpc) is 3.72. The van der Waals surface area contributed by atoms with Crippen molar-refractivity contribution in [2.75, 3.05) is 0 Å². The van der Waals surface area contributed by atoms with Gasteiger partial charge in [-0.05, 0) is 141 Å². The Hall–Kier alpha value is -8.52. The Morgan fingerprint density at radius 2 is 0.538 bits per heavy atom. The first-order chi connectivity index (χ1) is 32.2. The van der Waals surface area contributed by atoms with Gasteiger partial charge in [-0.3, -0.25) is 0 Å². The van der Waals surface area contributed by atoms with Crippen LogP contribution in [0.25, 0.3) is 126 Å². The Balaban J connectivity index is 0.971. The fourth-order valence-electron chi connectivity index (χ4n) is 10.4. The van der Waals surface area contributed by atoms with E-state index in [0.717, 1.165) is 5.69 Å². The molecule has 0 aliphatic heterocycles. The van der Waals surface area contributed by atoms with Crippen molar-refractivity contribution >= 4 is 64.9 Å². The number of nitrogens with zero attached hydrogens (tertiary/aromatic N) is 1. The van der Waals surface area contributed by atoms with Crippen molar-refractivity contribution in [1.82, 2.24) is 4.57 Å². The fraction of sp³-hybridized carbons (Fsp3) is 0. The predicted molar refractivity (Wildman–Crippen MR) is 278 cm³/mol. The van der Waals surface area contributed by atoms with Crippen LogP contribution in [0.3, 0.4) is 0 Å². The van der Waals surface area contributed by atoms with Crippen molar-refractivity contribution in [3.63, 3.8) is 0 Å². The third-order valence-electron chi connectivity index (χ3n) is 13.6. The first kappa shape index (κ1) is 37.1. The van der Waals surface area contributed by atoms with Crippen molar-refractivity contribution in [3.8, 4) is 61.3 Å². The lowest BCUT2D eigenvalue weighted by Crippen LogP contribution is -1.94. The van der Waals surface area contributed by atoms with E-state index in [0.29, 0.717) is 0 Å². The van der Waals surface area contributed by atoms with Crippen molar-refractivity contribution in [3.05, 3.63) is 249 Å². The highest BCUT2D eigenvalue weighted by Gasteiger charge is 2.19. The van der Waals surface area contributed by atoms with Gasteiger partial charge in [0.05, 0.1) is 11.0 Å². The predicted octanol–water partition coefficient (Wildman–Crippen LogP) is 17.7. The van der Waals surface area contributed by atoms with Crippen LogP contribution in [-0.4, -0.2) is 4.57 Å². The van der Waals surface area contributed by atoms with E-state index in [9.17, 15) is 0 Å². The molecule has 0 unspecified atom stereocenters. The molecule has 0 N–H and O–H groups in total. The Morgan fingerprint density at radius 1 is 0.200 bits per heavy atom. The van der Waals surface area contributed by atoms with E-state index in [1.807, 2.05) is 0 Å². The standard InChI is InChI=1S/C64H41N/c1-3-13-49-39-51(31-25-42(49)11-1)44-21-27-47(28-22-44)63-57-17-5-6-18-58(57)64(48-29-23-45(24-30-48)52-32-26-43-12-2-4-14-50(43)40-52)60-41-53(35-38-59(60)63)46-33-36-54(37-34-46)65-61-19-9-7-15-55(61)56-16-8-10-20-62(56)65/h1-41H. The Labute approximate surface area is 377 Å². The number of para-hydroxylation sites is 2. The number of aromatic nitrogens is 1. The molecule has 0 bridgehead atoms. The summed E-state index contributed by atoms with van der Waals surface area (Å²) in [5.74, 6) is 0. The summed E-state index contributed by atoms with van der Waals surface area (Å²) in [6, 6.07) is 91.7. The third kappa shape index (κ3) is 6.24. The molecule has 1 nitrogen and oxygen atoms in total. The lowest BCUT2D eigenvalue weighted by atomic mass is 9.84. The molecule has 0 amide bonds. The van der Waals surface area contributed by atoms with Gasteiger partial charge in [-0.2, -0.15) is 0 Å². The molecular weight excluding hydrogens is 783 g/mol. The van der Waals surface area contributed by atoms with Gasteiger partial charge in [-0.15, -0.1) is 0 Å². The zero-order valence-electron chi connectivity index (χ0n) is 35.6. The number of fused-ring (bicyclic) bond motifs is 7. The van der Waals surface area contributed by atoms with Gasteiger partial charge in [-0.25, -0.2) is 0 Å². The molecule has 1 heteroatoms. The summed E-state index contributed by atoms with van der Waals surface area (Å²) in [4.78, 5) is 0. The molecule has 13 aromatic rings. The van der Waals surface area contributed by atoms with Crippen molar-refractivity contribution < 1.29 is 0 Å². The van der Waals surface area contributed by atoms with Gasteiger partial charge in [0, 0.05) is 16.5 Å². The van der Waals surface area contributed by atoms with Crippen LogP contribution in [0.4, 0.5) is 0 Å². The first-order valence-electron chi connectivity index (χ1n) is 22.5. The monoisotopic (exact) mass is 823 g/mol. The van der Waals surface area contributed by atoms with E-state index in [1.165, 1.54) is 121 Å². The SMILES string of the molecule is c1ccc2cc(-c3ccc(-c4c5ccccc5c(-c5ccc(-c6ccc7ccccc7c6)cc5)c5cc(-c6ccc(-n7c8ccccc8c8ccccc87)cc6)ccc45)cc3)ccc2c1. The second-order valence-corrected chi connectivity index (χ2v) is 17.3. The highest BCUT2D eigenvalue weighted by Crippen LogP contribution is 2.46. The van der Waals surface area contributed by atoms with Crippen LogP contribution in [0, 0.1) is 0 Å². The molecule has 1 aromatic heterocycles. The van der Waals surface area contributed by atoms with E-state index < -0.39 is 0 Å². The smallest absolute Gasteiger partial charge is 0.0541 e. The first-order valence-corrected chi connectivity index (χ1v) is 22.5. The molecule has 0 saturated carbocycles. The summed E-state index contributed by atoms with van der Waals surface area (Å²) in [6.45, 7) is 0. The molecule has 0 aliphatic rings. The molecule has 0 aliphatic carbocycles. The zero-order chi connectivity index (χ0) is 42.8. The van der Waals surface area contributed by atoms with Crippen molar-refractivity contribution in [1.29, 1.82) is 0 Å². The van der Waals surface area contributed by atoms with E-state index in [1.54, 1.807) is 0 Å². The topological polar surface area (TPSA) is 4.93 Å². The summed E-state index contributed by atoms with van der Waals surface area (Å²) in [7, 11) is 0. The summed E-state index contributed by atoms with van der Waals surface area (Å²) in [6.07, 6.45) is 0. The Morgan fingerprint density at radius 3 is 1.05 bits per heavy atom. The fourth-order valence-corrected chi connectivity index (χ4v) is 10.4. The van der Waals surface area contributed by atoms with E-state index >= 15 is 0 Å². The molecule has 1 heterocycles. The van der Waals surface area contributed by atoms with Gasteiger partial charge in [0.1, 0.15) is 0 Å². The minimum absolute atomic E-state index is 1.15. The second kappa shape index (κ2) is 15.1. The van der Waals surface area contributed by atoms with Gasteiger partial charge < -0.3 is 4.57 Å². The summed E-state index contributed by atoms with van der Waals surface area (Å²) < 4.78 is 2.39. The second-order valence-electron chi connectivity index (χ2n) is 17.3. The van der Waals surface area contributed by atoms with Gasteiger partial charge >= 0.3 is 0 Å². The maximum Gasteiger partial charge on any atom is 0.0541 e. The lowest BCUT2D eigenvalue weighted by molar-refractivity contribution is 1.18. The molecule has 12 aromatic carbocycles. The molecule has 0 fully saturated rings. The number of hydrogen-bond donors (Lipinski definition) is 0. The maximum absolute atomic E-state index is 2.43. The summed E-state index contributed by atoms with van der Waals surface area (Å²) in [5, 5.41) is 12.5. The molecule has 302 valence electrons. The van der Waals surface area contributed by atoms with Crippen LogP contribution in [-0.2, 0) is 0 Å². The lowest BCUT2D eigenvalue weighted by Gasteiger charge is -2.19. The van der Waals surface area contributed by atoms with Crippen molar-refractivity contribution in [2.24, 2.45) is 0 Å². The molecular formula is C64H41N. The maximum atomic E-state index is 2.43. The van der Waals surface area contributed by atoms with Gasteiger partial charge in [-0.1, -0.05) is 206 Å². The minimum Gasteiger partial charge on any atom is -0.309 e. The van der Waals surface area contributed by atoms with E-state index in [2.05, 4.69) is 253 Å². The van der Waals surface area contributed by atoms with Crippen LogP contribution >= 0.6 is 0 Å². The normalized spacial score (nSPS) is 11.7. The Bertz CT molecular complexity index is 3910.